The van der Waals surface area contributed by atoms with Crippen LogP contribution >= 0.6 is 0 Å². The Morgan fingerprint density at radius 1 is 1.35 bits per heavy atom. The van der Waals surface area contributed by atoms with Crippen LogP contribution in [-0.2, 0) is 14.3 Å². The van der Waals surface area contributed by atoms with Gasteiger partial charge in [-0.1, -0.05) is 24.3 Å². The molecule has 1 unspecified atom stereocenters. The van der Waals surface area contributed by atoms with Gasteiger partial charge >= 0.3 is 0 Å². The second-order valence-electron chi connectivity index (χ2n) is 5.23. The number of aryl methyl sites for hydroxylation is 1. The number of nitrogens with zero attached hydrogens (tertiary/aromatic N) is 1. The van der Waals surface area contributed by atoms with Gasteiger partial charge < -0.3 is 14.4 Å². The number of hydrogen-bond acceptors (Lipinski definition) is 3. The van der Waals surface area contributed by atoms with Gasteiger partial charge in [0.25, 0.3) is 0 Å². The van der Waals surface area contributed by atoms with Crippen LogP contribution in [0.3, 0.4) is 0 Å². The predicted octanol–water partition coefficient (Wildman–Crippen LogP) is 1.97. The topological polar surface area (TPSA) is 38.8 Å². The molecule has 0 radical (unpaired) electrons. The molecule has 1 atom stereocenters. The highest BCUT2D eigenvalue weighted by Gasteiger charge is 2.27. The zero-order chi connectivity index (χ0) is 14.4. The fraction of sp³-hybridized carbons (Fsp3) is 0.562. The number of benzene rings is 1. The van der Waals surface area contributed by atoms with E-state index >= 15 is 0 Å². The molecule has 1 aliphatic rings. The molecule has 0 bridgehead atoms. The lowest BCUT2D eigenvalue weighted by Crippen LogP contribution is -2.32. The van der Waals surface area contributed by atoms with Crippen LogP contribution in [0.4, 0.5) is 0 Å². The Kier molecular flexibility index (Phi) is 5.56. The summed E-state index contributed by atoms with van der Waals surface area (Å²) >= 11 is 0. The van der Waals surface area contributed by atoms with E-state index in [4.69, 9.17) is 9.47 Å². The fourth-order valence-electron chi connectivity index (χ4n) is 2.68. The van der Waals surface area contributed by atoms with Gasteiger partial charge in [0.2, 0.25) is 5.91 Å². The van der Waals surface area contributed by atoms with Crippen LogP contribution in [0.2, 0.25) is 0 Å². The first-order valence-electron chi connectivity index (χ1n) is 7.12. The highest BCUT2D eigenvalue weighted by Crippen LogP contribution is 2.29. The standard InChI is InChI=1S/C16H23NO3/c1-13-5-3-4-6-15(13)14-7-8-17(11-14)16(18)12-20-10-9-19-2/h3-6,14H,7-12H2,1-2H3. The van der Waals surface area contributed by atoms with Crippen molar-refractivity contribution >= 4 is 5.91 Å². The van der Waals surface area contributed by atoms with E-state index in [0.717, 1.165) is 19.5 Å². The number of methoxy groups -OCH3 is 1. The molecule has 4 nitrogen and oxygen atoms in total. The van der Waals surface area contributed by atoms with Crippen molar-refractivity contribution in [3.05, 3.63) is 35.4 Å². The Morgan fingerprint density at radius 3 is 2.90 bits per heavy atom. The first-order chi connectivity index (χ1) is 9.72. The molecule has 1 aliphatic heterocycles. The quantitative estimate of drug-likeness (QED) is 0.746. The van der Waals surface area contributed by atoms with Crippen molar-refractivity contribution in [3.63, 3.8) is 0 Å². The molecular weight excluding hydrogens is 254 g/mol. The normalized spacial score (nSPS) is 18.5. The minimum absolute atomic E-state index is 0.0807. The molecule has 0 saturated carbocycles. The van der Waals surface area contributed by atoms with E-state index in [-0.39, 0.29) is 12.5 Å². The molecule has 0 N–H and O–H groups in total. The van der Waals surface area contributed by atoms with Gasteiger partial charge in [0.05, 0.1) is 13.2 Å². The van der Waals surface area contributed by atoms with Crippen molar-refractivity contribution in [2.24, 2.45) is 0 Å². The largest absolute Gasteiger partial charge is 0.382 e. The molecule has 1 amide bonds. The molecule has 1 saturated heterocycles. The predicted molar refractivity (Wildman–Crippen MR) is 77.8 cm³/mol. The number of amides is 1. The monoisotopic (exact) mass is 277 g/mol. The van der Waals surface area contributed by atoms with Gasteiger partial charge in [0.15, 0.2) is 0 Å². The molecule has 2 rings (SSSR count). The van der Waals surface area contributed by atoms with Crippen molar-refractivity contribution in [2.75, 3.05) is 40.0 Å². The van der Waals surface area contributed by atoms with Crippen LogP contribution in [0.1, 0.15) is 23.5 Å². The summed E-state index contributed by atoms with van der Waals surface area (Å²) in [4.78, 5) is 13.9. The Balaban J connectivity index is 1.83. The van der Waals surface area contributed by atoms with E-state index in [1.54, 1.807) is 7.11 Å². The molecule has 4 heteroatoms. The second-order valence-corrected chi connectivity index (χ2v) is 5.23. The Hall–Kier alpha value is -1.39. The average molecular weight is 277 g/mol. The molecular formula is C16H23NO3. The van der Waals surface area contributed by atoms with Crippen LogP contribution in [0.5, 0.6) is 0 Å². The van der Waals surface area contributed by atoms with Crippen LogP contribution in [0.15, 0.2) is 24.3 Å². The Bertz CT molecular complexity index is 447. The summed E-state index contributed by atoms with van der Waals surface area (Å²) in [5.41, 5.74) is 2.67. The molecule has 0 spiro atoms. The summed E-state index contributed by atoms with van der Waals surface area (Å²) in [5, 5.41) is 0. The van der Waals surface area contributed by atoms with Crippen LogP contribution in [0, 0.1) is 6.92 Å². The summed E-state index contributed by atoms with van der Waals surface area (Å²) in [5.74, 6) is 0.538. The van der Waals surface area contributed by atoms with E-state index in [9.17, 15) is 4.79 Å². The zero-order valence-electron chi connectivity index (χ0n) is 12.3. The van der Waals surface area contributed by atoms with Crippen molar-refractivity contribution in [2.45, 2.75) is 19.3 Å². The van der Waals surface area contributed by atoms with E-state index < -0.39 is 0 Å². The number of likely N-dealkylation sites (tertiary alicyclic amines) is 1. The maximum atomic E-state index is 12.0. The van der Waals surface area contributed by atoms with Gasteiger partial charge in [-0.15, -0.1) is 0 Å². The Morgan fingerprint density at radius 2 is 2.15 bits per heavy atom. The summed E-state index contributed by atoms with van der Waals surface area (Å²) in [6.07, 6.45) is 1.04. The summed E-state index contributed by atoms with van der Waals surface area (Å²) in [6.45, 7) is 4.91. The number of hydrogen-bond donors (Lipinski definition) is 0. The highest BCUT2D eigenvalue weighted by molar-refractivity contribution is 5.77. The van der Waals surface area contributed by atoms with Gasteiger partial charge in [0.1, 0.15) is 6.61 Å². The van der Waals surface area contributed by atoms with Crippen LogP contribution in [0.25, 0.3) is 0 Å². The molecule has 1 aromatic rings. The lowest BCUT2D eigenvalue weighted by atomic mass is 9.94. The van der Waals surface area contributed by atoms with Gasteiger partial charge in [-0.3, -0.25) is 4.79 Å². The van der Waals surface area contributed by atoms with Gasteiger partial charge in [-0.2, -0.15) is 0 Å². The maximum Gasteiger partial charge on any atom is 0.248 e. The fourth-order valence-corrected chi connectivity index (χ4v) is 2.68. The lowest BCUT2D eigenvalue weighted by molar-refractivity contribution is -0.135. The summed E-state index contributed by atoms with van der Waals surface area (Å²) < 4.78 is 10.2. The molecule has 110 valence electrons. The highest BCUT2D eigenvalue weighted by atomic mass is 16.5. The van der Waals surface area contributed by atoms with Crippen LogP contribution < -0.4 is 0 Å². The minimum Gasteiger partial charge on any atom is -0.382 e. The molecule has 1 aromatic carbocycles. The second kappa shape index (κ2) is 7.41. The zero-order valence-corrected chi connectivity index (χ0v) is 12.3. The maximum absolute atomic E-state index is 12.0. The number of carbonyl (C=O) groups is 1. The van der Waals surface area contributed by atoms with Crippen molar-refractivity contribution in [1.82, 2.24) is 4.90 Å². The minimum atomic E-state index is 0.0807. The van der Waals surface area contributed by atoms with Gasteiger partial charge in [-0.25, -0.2) is 0 Å². The smallest absolute Gasteiger partial charge is 0.248 e. The first-order valence-corrected chi connectivity index (χ1v) is 7.12. The number of carbonyl (C=O) groups excluding carboxylic acids is 1. The number of rotatable bonds is 6. The van der Waals surface area contributed by atoms with Gasteiger partial charge in [0, 0.05) is 26.1 Å². The third-order valence-electron chi connectivity index (χ3n) is 3.83. The van der Waals surface area contributed by atoms with Gasteiger partial charge in [-0.05, 0) is 24.5 Å². The van der Waals surface area contributed by atoms with Crippen molar-refractivity contribution < 1.29 is 14.3 Å². The van der Waals surface area contributed by atoms with E-state index in [0.29, 0.717) is 19.1 Å². The molecule has 1 fully saturated rings. The molecule has 0 aromatic heterocycles. The van der Waals surface area contributed by atoms with Crippen molar-refractivity contribution in [3.8, 4) is 0 Å². The average Bonchev–Trinajstić information content (AvgIpc) is 2.93. The first kappa shape index (κ1) is 15.0. The third kappa shape index (κ3) is 3.81. The third-order valence-corrected chi connectivity index (χ3v) is 3.83. The molecule has 1 heterocycles. The van der Waals surface area contributed by atoms with E-state index in [1.165, 1.54) is 11.1 Å². The summed E-state index contributed by atoms with van der Waals surface area (Å²) in [6, 6.07) is 8.43. The molecule has 0 aliphatic carbocycles. The van der Waals surface area contributed by atoms with E-state index in [1.807, 2.05) is 4.90 Å². The summed E-state index contributed by atoms with van der Waals surface area (Å²) in [7, 11) is 1.62. The SMILES string of the molecule is COCCOCC(=O)N1CCC(c2ccccc2C)C1. The molecule has 20 heavy (non-hydrogen) atoms. The number of ether oxygens (including phenoxy) is 2. The Labute approximate surface area is 120 Å². The van der Waals surface area contributed by atoms with E-state index in [2.05, 4.69) is 31.2 Å². The lowest BCUT2D eigenvalue weighted by Gasteiger charge is -2.17. The van der Waals surface area contributed by atoms with Crippen molar-refractivity contribution in [1.29, 1.82) is 0 Å². The van der Waals surface area contributed by atoms with Crippen LogP contribution in [-0.4, -0.2) is 50.8 Å².